The normalized spacial score (nSPS) is 10.8. The Morgan fingerprint density at radius 2 is 1.95 bits per heavy atom. The van der Waals surface area contributed by atoms with E-state index in [1.807, 2.05) is 26.0 Å². The van der Waals surface area contributed by atoms with E-state index in [2.05, 4.69) is 40.2 Å². The third kappa shape index (κ3) is 4.90. The Kier molecular flexibility index (Phi) is 5.81. The average molecular weight is 287 g/mol. The zero-order chi connectivity index (χ0) is 15.1. The van der Waals surface area contributed by atoms with Gasteiger partial charge in [0.05, 0.1) is 12.3 Å². The van der Waals surface area contributed by atoms with Gasteiger partial charge in [0.2, 0.25) is 0 Å². The molecule has 0 aliphatic heterocycles. The summed E-state index contributed by atoms with van der Waals surface area (Å²) in [4.78, 5) is 0. The van der Waals surface area contributed by atoms with Gasteiger partial charge < -0.3 is 10.1 Å². The number of benzene rings is 1. The average Bonchev–Trinajstić information content (AvgIpc) is 2.79. The van der Waals surface area contributed by atoms with Gasteiger partial charge in [-0.25, -0.2) is 0 Å². The van der Waals surface area contributed by atoms with E-state index >= 15 is 0 Å². The third-order valence-electron chi connectivity index (χ3n) is 3.39. The first-order chi connectivity index (χ1) is 10.2. The molecule has 1 heterocycles. The maximum atomic E-state index is 5.44. The summed E-state index contributed by atoms with van der Waals surface area (Å²) in [6.45, 7) is 9.70. The van der Waals surface area contributed by atoms with Crippen LogP contribution in [0.25, 0.3) is 0 Å². The van der Waals surface area contributed by atoms with Gasteiger partial charge >= 0.3 is 0 Å². The SMILES string of the molecule is CCOc1ccc(CNCCCn2nc(C)cc2C)cc1. The minimum atomic E-state index is 0.712. The maximum absolute atomic E-state index is 5.44. The lowest BCUT2D eigenvalue weighted by molar-refractivity contribution is 0.340. The van der Waals surface area contributed by atoms with E-state index < -0.39 is 0 Å². The third-order valence-corrected chi connectivity index (χ3v) is 3.39. The predicted octanol–water partition coefficient (Wildman–Crippen LogP) is 3.08. The molecule has 1 aromatic heterocycles. The molecule has 1 aromatic carbocycles. The highest BCUT2D eigenvalue weighted by atomic mass is 16.5. The Labute approximate surface area is 127 Å². The van der Waals surface area contributed by atoms with Crippen LogP contribution < -0.4 is 10.1 Å². The first-order valence-electron chi connectivity index (χ1n) is 7.62. The number of aryl methyl sites for hydroxylation is 3. The van der Waals surface area contributed by atoms with Gasteiger partial charge in [0.15, 0.2) is 0 Å². The van der Waals surface area contributed by atoms with Crippen LogP contribution >= 0.6 is 0 Å². The van der Waals surface area contributed by atoms with Crippen LogP contribution in [0.1, 0.15) is 30.3 Å². The molecule has 0 radical (unpaired) electrons. The predicted molar refractivity (Wildman–Crippen MR) is 85.6 cm³/mol. The minimum absolute atomic E-state index is 0.712. The number of hydrogen-bond acceptors (Lipinski definition) is 3. The fourth-order valence-corrected chi connectivity index (χ4v) is 2.36. The van der Waals surface area contributed by atoms with Crippen LogP contribution in [0.2, 0.25) is 0 Å². The van der Waals surface area contributed by atoms with Gasteiger partial charge in [-0.15, -0.1) is 0 Å². The van der Waals surface area contributed by atoms with Gasteiger partial charge in [0, 0.05) is 18.8 Å². The molecule has 0 bridgehead atoms. The van der Waals surface area contributed by atoms with Gasteiger partial charge in [-0.05, 0) is 57.5 Å². The van der Waals surface area contributed by atoms with Crippen molar-refractivity contribution in [2.75, 3.05) is 13.2 Å². The Morgan fingerprint density at radius 3 is 2.57 bits per heavy atom. The topological polar surface area (TPSA) is 39.1 Å². The first kappa shape index (κ1) is 15.6. The number of nitrogens with zero attached hydrogens (tertiary/aromatic N) is 2. The van der Waals surface area contributed by atoms with Crippen LogP contribution in [0.5, 0.6) is 5.75 Å². The largest absolute Gasteiger partial charge is 0.494 e. The van der Waals surface area contributed by atoms with Crippen molar-refractivity contribution in [2.45, 2.75) is 40.3 Å². The first-order valence-corrected chi connectivity index (χ1v) is 7.62. The molecule has 0 amide bonds. The van der Waals surface area contributed by atoms with Crippen LogP contribution in [0.4, 0.5) is 0 Å². The van der Waals surface area contributed by atoms with Crippen molar-refractivity contribution < 1.29 is 4.74 Å². The molecule has 21 heavy (non-hydrogen) atoms. The van der Waals surface area contributed by atoms with E-state index in [9.17, 15) is 0 Å². The molecular weight excluding hydrogens is 262 g/mol. The molecule has 0 fully saturated rings. The Hall–Kier alpha value is -1.81. The summed E-state index contributed by atoms with van der Waals surface area (Å²) >= 11 is 0. The highest BCUT2D eigenvalue weighted by Gasteiger charge is 2.00. The molecular formula is C17H25N3O. The monoisotopic (exact) mass is 287 g/mol. The number of rotatable bonds is 8. The van der Waals surface area contributed by atoms with Crippen molar-refractivity contribution in [3.8, 4) is 5.75 Å². The molecule has 114 valence electrons. The fourth-order valence-electron chi connectivity index (χ4n) is 2.36. The molecule has 0 atom stereocenters. The molecule has 0 saturated heterocycles. The van der Waals surface area contributed by atoms with Gasteiger partial charge in [0.25, 0.3) is 0 Å². The number of ether oxygens (including phenoxy) is 1. The zero-order valence-electron chi connectivity index (χ0n) is 13.2. The Balaban J connectivity index is 1.66. The number of nitrogens with one attached hydrogen (secondary N) is 1. The summed E-state index contributed by atoms with van der Waals surface area (Å²) in [5, 5.41) is 7.94. The van der Waals surface area contributed by atoms with Crippen LogP contribution in [-0.4, -0.2) is 22.9 Å². The quantitative estimate of drug-likeness (QED) is 0.758. The van der Waals surface area contributed by atoms with Gasteiger partial charge in [-0.3, -0.25) is 4.68 Å². The van der Waals surface area contributed by atoms with Crippen LogP contribution in [-0.2, 0) is 13.1 Å². The second-order valence-electron chi connectivity index (χ2n) is 5.26. The summed E-state index contributed by atoms with van der Waals surface area (Å²) in [6.07, 6.45) is 1.08. The van der Waals surface area contributed by atoms with Crippen LogP contribution in [0.3, 0.4) is 0 Å². The second-order valence-corrected chi connectivity index (χ2v) is 5.26. The summed E-state index contributed by atoms with van der Waals surface area (Å²) in [7, 11) is 0. The van der Waals surface area contributed by atoms with E-state index in [4.69, 9.17) is 4.74 Å². The molecule has 0 saturated carbocycles. The molecule has 0 spiro atoms. The fraction of sp³-hybridized carbons (Fsp3) is 0.471. The van der Waals surface area contributed by atoms with Crippen LogP contribution in [0.15, 0.2) is 30.3 Å². The summed E-state index contributed by atoms with van der Waals surface area (Å²) < 4.78 is 7.51. The van der Waals surface area contributed by atoms with E-state index in [-0.39, 0.29) is 0 Å². The van der Waals surface area contributed by atoms with E-state index in [1.165, 1.54) is 11.3 Å². The summed E-state index contributed by atoms with van der Waals surface area (Å²) in [5.74, 6) is 0.936. The van der Waals surface area contributed by atoms with Crippen molar-refractivity contribution in [1.82, 2.24) is 15.1 Å². The van der Waals surface area contributed by atoms with Gasteiger partial charge in [-0.2, -0.15) is 5.10 Å². The highest BCUT2D eigenvalue weighted by molar-refractivity contribution is 5.27. The molecule has 4 nitrogen and oxygen atoms in total. The second kappa shape index (κ2) is 7.84. The molecule has 0 aliphatic carbocycles. The Bertz CT molecular complexity index is 546. The smallest absolute Gasteiger partial charge is 0.119 e. The lowest BCUT2D eigenvalue weighted by Crippen LogP contribution is -2.17. The van der Waals surface area contributed by atoms with Gasteiger partial charge in [-0.1, -0.05) is 12.1 Å². The van der Waals surface area contributed by atoms with Crippen LogP contribution in [0, 0.1) is 13.8 Å². The van der Waals surface area contributed by atoms with Gasteiger partial charge in [0.1, 0.15) is 5.75 Å². The Morgan fingerprint density at radius 1 is 1.19 bits per heavy atom. The van der Waals surface area contributed by atoms with E-state index in [0.29, 0.717) is 6.61 Å². The number of hydrogen-bond donors (Lipinski definition) is 1. The van der Waals surface area contributed by atoms with Crippen molar-refractivity contribution in [3.05, 3.63) is 47.3 Å². The minimum Gasteiger partial charge on any atom is -0.494 e. The van der Waals surface area contributed by atoms with E-state index in [1.54, 1.807) is 0 Å². The molecule has 1 N–H and O–H groups in total. The lowest BCUT2D eigenvalue weighted by atomic mass is 10.2. The van der Waals surface area contributed by atoms with Crippen molar-refractivity contribution in [2.24, 2.45) is 0 Å². The zero-order valence-corrected chi connectivity index (χ0v) is 13.2. The highest BCUT2D eigenvalue weighted by Crippen LogP contribution is 2.11. The standard InChI is InChI=1S/C17H25N3O/c1-4-21-17-8-6-16(7-9-17)13-18-10-5-11-20-15(3)12-14(2)19-20/h6-9,12,18H,4-5,10-11,13H2,1-3H3. The van der Waals surface area contributed by atoms with Crippen molar-refractivity contribution >= 4 is 0 Å². The number of aromatic nitrogens is 2. The molecule has 0 unspecified atom stereocenters. The molecule has 2 aromatic rings. The van der Waals surface area contributed by atoms with Crippen molar-refractivity contribution in [1.29, 1.82) is 0 Å². The lowest BCUT2D eigenvalue weighted by Gasteiger charge is -2.08. The molecule has 2 rings (SSSR count). The van der Waals surface area contributed by atoms with Crippen molar-refractivity contribution in [3.63, 3.8) is 0 Å². The maximum Gasteiger partial charge on any atom is 0.119 e. The molecule has 0 aliphatic rings. The summed E-state index contributed by atoms with van der Waals surface area (Å²) in [6, 6.07) is 10.4. The molecule has 4 heteroatoms. The summed E-state index contributed by atoms with van der Waals surface area (Å²) in [5.41, 5.74) is 3.61. The van der Waals surface area contributed by atoms with E-state index in [0.717, 1.165) is 37.5 Å².